The number of rotatable bonds is 4. The minimum atomic E-state index is -0.281. The SMILES string of the molecule is N=C(N)N1CC=C(c2ccc(NC(=O)c3ccc(C4=CCN(C(=N)N)CC4)c(Cl)c3)cc2Cl)CC1. The lowest BCUT2D eigenvalue weighted by Crippen LogP contribution is -2.39. The van der Waals surface area contributed by atoms with Crippen LogP contribution in [0.4, 0.5) is 5.69 Å². The monoisotopic (exact) mass is 511 g/mol. The van der Waals surface area contributed by atoms with E-state index in [1.54, 1.807) is 28.0 Å². The quantitative estimate of drug-likeness (QED) is 0.309. The van der Waals surface area contributed by atoms with E-state index in [2.05, 4.69) is 5.32 Å². The fourth-order valence-corrected chi connectivity index (χ4v) is 4.84. The molecule has 1 amide bonds. The zero-order valence-electron chi connectivity index (χ0n) is 19.1. The van der Waals surface area contributed by atoms with Crippen LogP contribution < -0.4 is 16.8 Å². The highest BCUT2D eigenvalue weighted by Gasteiger charge is 2.18. The molecule has 7 N–H and O–H groups in total. The van der Waals surface area contributed by atoms with E-state index in [4.69, 9.17) is 45.5 Å². The molecule has 8 nitrogen and oxygen atoms in total. The molecule has 4 rings (SSSR count). The average molecular weight is 512 g/mol. The molecule has 0 unspecified atom stereocenters. The molecule has 0 saturated heterocycles. The summed E-state index contributed by atoms with van der Waals surface area (Å²) in [5.74, 6) is -0.161. The van der Waals surface area contributed by atoms with E-state index >= 15 is 0 Å². The lowest BCUT2D eigenvalue weighted by atomic mass is 9.98. The van der Waals surface area contributed by atoms with Crippen molar-refractivity contribution in [2.45, 2.75) is 12.8 Å². The van der Waals surface area contributed by atoms with E-state index < -0.39 is 0 Å². The molecule has 0 aromatic heterocycles. The average Bonchev–Trinajstić information content (AvgIpc) is 2.84. The van der Waals surface area contributed by atoms with Crippen LogP contribution >= 0.6 is 23.2 Å². The van der Waals surface area contributed by atoms with Crippen LogP contribution in [0, 0.1) is 10.8 Å². The Kier molecular flexibility index (Phi) is 7.33. The van der Waals surface area contributed by atoms with Gasteiger partial charge in [-0.3, -0.25) is 15.6 Å². The van der Waals surface area contributed by atoms with Gasteiger partial charge in [0.1, 0.15) is 0 Å². The van der Waals surface area contributed by atoms with Crippen LogP contribution in [0.25, 0.3) is 11.1 Å². The van der Waals surface area contributed by atoms with Crippen molar-refractivity contribution in [3.8, 4) is 0 Å². The number of benzene rings is 2. The number of halogens is 2. The maximum Gasteiger partial charge on any atom is 0.255 e. The van der Waals surface area contributed by atoms with Gasteiger partial charge in [0.15, 0.2) is 11.9 Å². The molecule has 0 fully saturated rings. The molecule has 10 heteroatoms. The highest BCUT2D eigenvalue weighted by atomic mass is 35.5. The molecule has 0 radical (unpaired) electrons. The summed E-state index contributed by atoms with van der Waals surface area (Å²) in [6.07, 6.45) is 5.49. The maximum atomic E-state index is 12.8. The molecule has 0 aliphatic carbocycles. The molecule has 2 aliphatic heterocycles. The topological polar surface area (TPSA) is 135 Å². The Bertz CT molecular complexity index is 1250. The molecule has 35 heavy (non-hydrogen) atoms. The molecule has 2 heterocycles. The van der Waals surface area contributed by atoms with Gasteiger partial charge in [0.05, 0.1) is 5.02 Å². The summed E-state index contributed by atoms with van der Waals surface area (Å²) in [6, 6.07) is 10.7. The standard InChI is InChI=1S/C25H27Cl2N7O/c26-21-13-17(1-3-19(21)15-5-9-33(10-6-15)24(28)29)23(35)32-18-2-4-20(22(27)14-18)16-7-11-34(12-8-16)25(30)31/h1-5,7,13-14H,6,8-12H2,(H3,28,29)(H3,30,31)(H,32,35). The molecule has 0 spiro atoms. The smallest absolute Gasteiger partial charge is 0.255 e. The molecule has 2 aromatic carbocycles. The van der Waals surface area contributed by atoms with Gasteiger partial charge in [-0.2, -0.15) is 0 Å². The maximum absolute atomic E-state index is 12.8. The zero-order chi connectivity index (χ0) is 25.1. The number of nitrogens with one attached hydrogen (secondary N) is 3. The minimum absolute atomic E-state index is 0.0571. The van der Waals surface area contributed by atoms with Crippen LogP contribution in [0.15, 0.2) is 48.6 Å². The fourth-order valence-electron chi connectivity index (χ4n) is 4.24. The second kappa shape index (κ2) is 10.4. The number of guanidine groups is 2. The largest absolute Gasteiger partial charge is 0.370 e. The summed E-state index contributed by atoms with van der Waals surface area (Å²) in [5, 5.41) is 19.0. The summed E-state index contributed by atoms with van der Waals surface area (Å²) in [7, 11) is 0. The van der Waals surface area contributed by atoms with E-state index in [0.717, 1.165) is 35.1 Å². The third kappa shape index (κ3) is 5.61. The number of nitrogens with zero attached hydrogens (tertiary/aromatic N) is 2. The van der Waals surface area contributed by atoms with E-state index in [1.165, 1.54) is 0 Å². The summed E-state index contributed by atoms with van der Waals surface area (Å²) in [6.45, 7) is 2.45. The summed E-state index contributed by atoms with van der Waals surface area (Å²) < 4.78 is 0. The number of hydrogen-bond donors (Lipinski definition) is 5. The van der Waals surface area contributed by atoms with E-state index in [-0.39, 0.29) is 17.8 Å². The second-order valence-electron chi connectivity index (χ2n) is 8.46. The Hall–Kier alpha value is -3.49. The van der Waals surface area contributed by atoms with Gasteiger partial charge in [-0.05, 0) is 59.4 Å². The first kappa shape index (κ1) is 24.6. The third-order valence-electron chi connectivity index (χ3n) is 6.25. The molecule has 2 aliphatic rings. The first-order valence-corrected chi connectivity index (χ1v) is 12.0. The Balaban J connectivity index is 1.44. The highest BCUT2D eigenvalue weighted by Crippen LogP contribution is 2.32. The van der Waals surface area contributed by atoms with Crippen molar-refractivity contribution in [1.29, 1.82) is 10.8 Å². The number of nitrogens with two attached hydrogens (primary N) is 2. The Morgan fingerprint density at radius 2 is 1.34 bits per heavy atom. The van der Waals surface area contributed by atoms with Crippen molar-refractivity contribution in [2.75, 3.05) is 31.5 Å². The highest BCUT2D eigenvalue weighted by molar-refractivity contribution is 6.33. The van der Waals surface area contributed by atoms with Gasteiger partial charge in [-0.25, -0.2) is 0 Å². The minimum Gasteiger partial charge on any atom is -0.370 e. The summed E-state index contributed by atoms with van der Waals surface area (Å²) >= 11 is 13.0. The Morgan fingerprint density at radius 1 is 0.829 bits per heavy atom. The summed E-state index contributed by atoms with van der Waals surface area (Å²) in [5.41, 5.74) is 16.1. The van der Waals surface area contributed by atoms with Crippen molar-refractivity contribution >= 4 is 57.9 Å². The molecule has 2 aromatic rings. The molecule has 0 atom stereocenters. The van der Waals surface area contributed by atoms with Crippen LogP contribution in [0.1, 0.15) is 34.3 Å². The number of carbonyl (C=O) groups excluding carboxylic acids is 1. The number of amides is 1. The fraction of sp³-hybridized carbons (Fsp3) is 0.240. The van der Waals surface area contributed by atoms with Gasteiger partial charge in [0.25, 0.3) is 5.91 Å². The van der Waals surface area contributed by atoms with E-state index in [1.807, 2.05) is 30.4 Å². The first-order chi connectivity index (χ1) is 16.7. The van der Waals surface area contributed by atoms with Crippen molar-refractivity contribution in [1.82, 2.24) is 9.80 Å². The van der Waals surface area contributed by atoms with Gasteiger partial charge in [-0.1, -0.05) is 47.5 Å². The normalized spacial score (nSPS) is 15.8. The predicted octanol–water partition coefficient (Wildman–Crippen LogP) is 4.21. The summed E-state index contributed by atoms with van der Waals surface area (Å²) in [4.78, 5) is 16.4. The Morgan fingerprint density at radius 3 is 1.77 bits per heavy atom. The van der Waals surface area contributed by atoms with Crippen LogP contribution in [-0.4, -0.2) is 53.8 Å². The second-order valence-corrected chi connectivity index (χ2v) is 9.28. The number of hydrogen-bond acceptors (Lipinski definition) is 3. The van der Waals surface area contributed by atoms with E-state index in [9.17, 15) is 4.79 Å². The molecular formula is C25H27Cl2N7O. The predicted molar refractivity (Wildman–Crippen MR) is 143 cm³/mol. The van der Waals surface area contributed by atoms with Gasteiger partial charge >= 0.3 is 0 Å². The van der Waals surface area contributed by atoms with Crippen LogP contribution in [0.3, 0.4) is 0 Å². The Labute approximate surface area is 214 Å². The lowest BCUT2D eigenvalue weighted by Gasteiger charge is -2.27. The van der Waals surface area contributed by atoms with Crippen molar-refractivity contribution < 1.29 is 4.79 Å². The lowest BCUT2D eigenvalue weighted by molar-refractivity contribution is 0.102. The van der Waals surface area contributed by atoms with Crippen molar-refractivity contribution in [2.24, 2.45) is 11.5 Å². The number of carbonyl (C=O) groups is 1. The molecular weight excluding hydrogens is 485 g/mol. The molecule has 0 saturated carbocycles. The van der Waals surface area contributed by atoms with E-state index in [0.29, 0.717) is 47.5 Å². The van der Waals surface area contributed by atoms with Crippen LogP contribution in [0.5, 0.6) is 0 Å². The first-order valence-electron chi connectivity index (χ1n) is 11.2. The van der Waals surface area contributed by atoms with Crippen LogP contribution in [-0.2, 0) is 0 Å². The third-order valence-corrected chi connectivity index (χ3v) is 6.88. The van der Waals surface area contributed by atoms with Crippen LogP contribution in [0.2, 0.25) is 10.0 Å². The number of anilines is 1. The van der Waals surface area contributed by atoms with Gasteiger partial charge in [0, 0.05) is 42.5 Å². The molecule has 0 bridgehead atoms. The zero-order valence-corrected chi connectivity index (χ0v) is 20.6. The molecule has 182 valence electrons. The van der Waals surface area contributed by atoms with Crippen molar-refractivity contribution in [3.63, 3.8) is 0 Å². The van der Waals surface area contributed by atoms with Gasteiger partial charge in [0.2, 0.25) is 0 Å². The van der Waals surface area contributed by atoms with Crippen molar-refractivity contribution in [3.05, 3.63) is 75.3 Å². The van der Waals surface area contributed by atoms with Gasteiger partial charge < -0.3 is 26.6 Å². The van der Waals surface area contributed by atoms with Gasteiger partial charge in [-0.15, -0.1) is 0 Å².